The number of anilines is 1. The summed E-state index contributed by atoms with van der Waals surface area (Å²) < 4.78 is 10.5. The maximum Gasteiger partial charge on any atom is 0.240 e. The van der Waals surface area contributed by atoms with Gasteiger partial charge in [0.05, 0.1) is 25.8 Å². The van der Waals surface area contributed by atoms with Gasteiger partial charge in [0.2, 0.25) is 17.7 Å². The van der Waals surface area contributed by atoms with E-state index in [0.29, 0.717) is 29.7 Å². The predicted molar refractivity (Wildman–Crippen MR) is 102 cm³/mol. The molecule has 2 heterocycles. The maximum absolute atomic E-state index is 12.2. The van der Waals surface area contributed by atoms with Gasteiger partial charge in [0.25, 0.3) is 0 Å². The van der Waals surface area contributed by atoms with E-state index in [1.165, 1.54) is 0 Å². The molecule has 2 N–H and O–H groups in total. The highest BCUT2D eigenvalue weighted by Gasteiger charge is 2.25. The van der Waals surface area contributed by atoms with Crippen LogP contribution >= 0.6 is 0 Å². The minimum Gasteiger partial charge on any atom is -0.495 e. The van der Waals surface area contributed by atoms with Crippen LogP contribution in [-0.4, -0.2) is 54.1 Å². The van der Waals surface area contributed by atoms with E-state index in [1.54, 1.807) is 26.3 Å². The first-order valence-electron chi connectivity index (χ1n) is 9.27. The average Bonchev–Trinajstić information content (AvgIpc) is 3.14. The lowest BCUT2D eigenvalue weighted by Gasteiger charge is -2.29. The van der Waals surface area contributed by atoms with Crippen molar-refractivity contribution in [2.45, 2.75) is 25.8 Å². The van der Waals surface area contributed by atoms with Crippen molar-refractivity contribution in [2.75, 3.05) is 32.6 Å². The number of carbonyl (C=O) groups is 2. The summed E-state index contributed by atoms with van der Waals surface area (Å²) >= 11 is 0. The molecule has 0 radical (unpaired) electrons. The van der Waals surface area contributed by atoms with E-state index < -0.39 is 0 Å². The highest BCUT2D eigenvalue weighted by Crippen LogP contribution is 2.23. The molecule has 1 aromatic heterocycles. The van der Waals surface area contributed by atoms with Crippen LogP contribution in [0.15, 0.2) is 28.8 Å². The number of amides is 2. The summed E-state index contributed by atoms with van der Waals surface area (Å²) in [4.78, 5) is 30.4. The van der Waals surface area contributed by atoms with Crippen molar-refractivity contribution in [3.8, 4) is 5.75 Å². The molecule has 9 heteroatoms. The number of ether oxygens (including phenoxy) is 1. The van der Waals surface area contributed by atoms with Gasteiger partial charge < -0.3 is 19.9 Å². The van der Waals surface area contributed by atoms with Crippen LogP contribution in [0.1, 0.15) is 24.6 Å². The molecule has 3 rings (SSSR count). The molecule has 1 aromatic carbocycles. The molecular weight excluding hydrogens is 362 g/mol. The molecule has 0 unspecified atom stereocenters. The number of methoxy groups -OCH3 is 1. The first-order valence-corrected chi connectivity index (χ1v) is 9.27. The number of aromatic nitrogens is 2. The second kappa shape index (κ2) is 9.32. The number of nitrogens with one attached hydrogen (secondary N) is 2. The minimum absolute atomic E-state index is 0.0142. The molecule has 1 aliphatic rings. The molecule has 0 aliphatic carbocycles. The highest BCUT2D eigenvalue weighted by molar-refractivity contribution is 5.93. The van der Waals surface area contributed by atoms with Gasteiger partial charge in [-0.3, -0.25) is 14.5 Å². The Morgan fingerprint density at radius 2 is 2.04 bits per heavy atom. The number of hydrogen-bond acceptors (Lipinski definition) is 7. The van der Waals surface area contributed by atoms with E-state index in [4.69, 9.17) is 9.26 Å². The zero-order valence-corrected chi connectivity index (χ0v) is 16.1. The number of hydrogen-bond donors (Lipinski definition) is 2. The molecule has 0 atom stereocenters. The van der Waals surface area contributed by atoms with Crippen LogP contribution in [0.25, 0.3) is 0 Å². The lowest BCUT2D eigenvalue weighted by atomic mass is 9.96. The molecule has 0 spiro atoms. The topological polar surface area (TPSA) is 110 Å². The van der Waals surface area contributed by atoms with Crippen molar-refractivity contribution in [3.63, 3.8) is 0 Å². The third-order valence-electron chi connectivity index (χ3n) is 4.77. The summed E-state index contributed by atoms with van der Waals surface area (Å²) in [5.41, 5.74) is 0.595. The zero-order valence-electron chi connectivity index (χ0n) is 16.1. The van der Waals surface area contributed by atoms with E-state index in [9.17, 15) is 9.59 Å². The average molecular weight is 387 g/mol. The zero-order chi connectivity index (χ0) is 19.9. The Hall–Kier alpha value is -2.94. The third kappa shape index (κ3) is 5.07. The van der Waals surface area contributed by atoms with E-state index >= 15 is 0 Å². The maximum atomic E-state index is 12.2. The molecule has 9 nitrogen and oxygen atoms in total. The van der Waals surface area contributed by atoms with Crippen molar-refractivity contribution < 1.29 is 18.8 Å². The molecule has 2 aromatic rings. The van der Waals surface area contributed by atoms with Crippen LogP contribution in [0.5, 0.6) is 5.75 Å². The molecule has 1 saturated heterocycles. The number of likely N-dealkylation sites (tertiary alicyclic amines) is 1. The monoisotopic (exact) mass is 387 g/mol. The standard InChI is InChI=1S/C19H25N5O4/c1-20-19(26)13-7-9-24(10-8-13)12-18-22-16(23-28-18)11-17(25)21-14-5-3-4-6-15(14)27-2/h3-6,13H,7-12H2,1-2H3,(H,20,26)(H,21,25). The van der Waals surface area contributed by atoms with Gasteiger partial charge in [0, 0.05) is 13.0 Å². The van der Waals surface area contributed by atoms with Gasteiger partial charge in [0.1, 0.15) is 5.75 Å². The minimum atomic E-state index is -0.247. The van der Waals surface area contributed by atoms with Crippen LogP contribution in [-0.2, 0) is 22.6 Å². The normalized spacial score (nSPS) is 15.2. The number of rotatable bonds is 7. The van der Waals surface area contributed by atoms with Crippen LogP contribution in [0.4, 0.5) is 5.69 Å². The van der Waals surface area contributed by atoms with Gasteiger partial charge in [-0.05, 0) is 38.1 Å². The van der Waals surface area contributed by atoms with Gasteiger partial charge >= 0.3 is 0 Å². The largest absolute Gasteiger partial charge is 0.495 e. The van der Waals surface area contributed by atoms with E-state index in [0.717, 1.165) is 25.9 Å². The van der Waals surface area contributed by atoms with Crippen LogP contribution in [0.2, 0.25) is 0 Å². The Labute approximate surface area is 163 Å². The summed E-state index contributed by atoms with van der Waals surface area (Å²) in [7, 11) is 3.21. The highest BCUT2D eigenvalue weighted by atomic mass is 16.5. The number of benzene rings is 1. The molecule has 0 bridgehead atoms. The number of carbonyl (C=O) groups excluding carboxylic acids is 2. The fraction of sp³-hybridized carbons (Fsp3) is 0.474. The van der Waals surface area contributed by atoms with Gasteiger partial charge in [-0.2, -0.15) is 4.98 Å². The SMILES string of the molecule is CNC(=O)C1CCN(Cc2nc(CC(=O)Nc3ccccc3OC)no2)CC1. The number of nitrogens with zero attached hydrogens (tertiary/aromatic N) is 3. The molecule has 1 fully saturated rings. The lowest BCUT2D eigenvalue weighted by molar-refractivity contribution is -0.126. The summed E-state index contributed by atoms with van der Waals surface area (Å²) in [6.45, 7) is 2.11. The molecule has 0 saturated carbocycles. The Morgan fingerprint density at radius 3 is 2.75 bits per heavy atom. The Bertz CT molecular complexity index is 814. The van der Waals surface area contributed by atoms with Crippen LogP contribution < -0.4 is 15.4 Å². The number of para-hydroxylation sites is 2. The van der Waals surface area contributed by atoms with Gasteiger partial charge in [-0.25, -0.2) is 0 Å². The van der Waals surface area contributed by atoms with Crippen LogP contribution in [0, 0.1) is 5.92 Å². The second-order valence-corrected chi connectivity index (χ2v) is 6.69. The van der Waals surface area contributed by atoms with Gasteiger partial charge in [0.15, 0.2) is 5.82 Å². The van der Waals surface area contributed by atoms with E-state index in [-0.39, 0.29) is 24.2 Å². The smallest absolute Gasteiger partial charge is 0.240 e. The Kier molecular flexibility index (Phi) is 6.59. The van der Waals surface area contributed by atoms with E-state index in [1.807, 2.05) is 12.1 Å². The van der Waals surface area contributed by atoms with Crippen molar-refractivity contribution in [1.29, 1.82) is 0 Å². The Balaban J connectivity index is 1.49. The van der Waals surface area contributed by atoms with Crippen molar-refractivity contribution in [1.82, 2.24) is 20.4 Å². The predicted octanol–water partition coefficient (Wildman–Crippen LogP) is 1.22. The molecule has 150 valence electrons. The van der Waals surface area contributed by atoms with Crippen LogP contribution in [0.3, 0.4) is 0 Å². The number of piperidine rings is 1. The first-order chi connectivity index (χ1) is 13.6. The van der Waals surface area contributed by atoms with Gasteiger partial charge in [-0.15, -0.1) is 0 Å². The quantitative estimate of drug-likeness (QED) is 0.735. The molecule has 1 aliphatic heterocycles. The third-order valence-corrected chi connectivity index (χ3v) is 4.77. The van der Waals surface area contributed by atoms with E-state index in [2.05, 4.69) is 25.7 Å². The summed E-state index contributed by atoms with van der Waals surface area (Å²) in [5.74, 6) is 1.31. The summed E-state index contributed by atoms with van der Waals surface area (Å²) in [6.07, 6.45) is 1.63. The van der Waals surface area contributed by atoms with Gasteiger partial charge in [-0.1, -0.05) is 17.3 Å². The molecule has 28 heavy (non-hydrogen) atoms. The lowest BCUT2D eigenvalue weighted by Crippen LogP contribution is -2.39. The van der Waals surface area contributed by atoms with Crippen molar-refractivity contribution in [3.05, 3.63) is 36.0 Å². The van der Waals surface area contributed by atoms with Crippen molar-refractivity contribution in [2.24, 2.45) is 5.92 Å². The second-order valence-electron chi connectivity index (χ2n) is 6.69. The summed E-state index contributed by atoms with van der Waals surface area (Å²) in [6, 6.07) is 7.19. The first kappa shape index (κ1) is 19.8. The van der Waals surface area contributed by atoms with Crippen molar-refractivity contribution >= 4 is 17.5 Å². The fourth-order valence-corrected chi connectivity index (χ4v) is 3.26. The fourth-order valence-electron chi connectivity index (χ4n) is 3.26. The summed E-state index contributed by atoms with van der Waals surface area (Å²) in [5, 5.41) is 9.38. The molecule has 2 amide bonds. The molecular formula is C19H25N5O4. The Morgan fingerprint density at radius 1 is 1.29 bits per heavy atom.